The van der Waals surface area contributed by atoms with Crippen LogP contribution in [0.25, 0.3) is 0 Å². The Bertz CT molecular complexity index is 422. The molecule has 1 fully saturated rings. The average molecular weight is 264 g/mol. The number of aryl methyl sites for hydroxylation is 2. The lowest BCUT2D eigenvalue weighted by atomic mass is 9.77. The van der Waals surface area contributed by atoms with Gasteiger partial charge in [0, 0.05) is 18.7 Å². The van der Waals surface area contributed by atoms with Crippen LogP contribution in [-0.2, 0) is 19.4 Å². The molecule has 0 radical (unpaired) electrons. The monoisotopic (exact) mass is 264 g/mol. The largest absolute Gasteiger partial charge is 0.392 e. The number of nitrogens with zero attached hydrogens (tertiary/aromatic N) is 2. The van der Waals surface area contributed by atoms with Crippen LogP contribution in [0.3, 0.4) is 0 Å². The summed E-state index contributed by atoms with van der Waals surface area (Å²) in [5.41, 5.74) is 2.61. The van der Waals surface area contributed by atoms with Gasteiger partial charge in [-0.15, -0.1) is 0 Å². The van der Waals surface area contributed by atoms with Crippen molar-refractivity contribution in [2.45, 2.75) is 72.4 Å². The van der Waals surface area contributed by atoms with Crippen LogP contribution >= 0.6 is 0 Å². The van der Waals surface area contributed by atoms with Crippen LogP contribution < -0.4 is 0 Å². The third-order valence-corrected chi connectivity index (χ3v) is 4.80. The second-order valence-corrected chi connectivity index (χ2v) is 6.56. The summed E-state index contributed by atoms with van der Waals surface area (Å²) in [6.07, 6.45) is 5.13. The molecule has 2 unspecified atom stereocenters. The van der Waals surface area contributed by atoms with Crippen molar-refractivity contribution >= 4 is 0 Å². The fraction of sp³-hybridized carbons (Fsp3) is 0.812. The zero-order valence-corrected chi connectivity index (χ0v) is 12.8. The summed E-state index contributed by atoms with van der Waals surface area (Å²) in [6.45, 7) is 9.71. The van der Waals surface area contributed by atoms with E-state index < -0.39 is 0 Å². The van der Waals surface area contributed by atoms with Crippen LogP contribution in [0.4, 0.5) is 0 Å². The van der Waals surface area contributed by atoms with Crippen molar-refractivity contribution in [2.75, 3.05) is 0 Å². The lowest BCUT2D eigenvalue weighted by molar-refractivity contribution is 0.0528. The SMILES string of the molecule is CCc1cc(CC(O)C2CCCC2(C)C)n(CC)n1. The Morgan fingerprint density at radius 1 is 1.47 bits per heavy atom. The normalized spacial score (nSPS) is 23.7. The lowest BCUT2D eigenvalue weighted by Gasteiger charge is -2.31. The molecule has 3 nitrogen and oxygen atoms in total. The van der Waals surface area contributed by atoms with Gasteiger partial charge in [0.1, 0.15) is 0 Å². The Balaban J connectivity index is 2.10. The van der Waals surface area contributed by atoms with Crippen molar-refractivity contribution in [3.05, 3.63) is 17.5 Å². The molecule has 2 rings (SSSR count). The van der Waals surface area contributed by atoms with E-state index in [0.29, 0.717) is 5.92 Å². The predicted molar refractivity (Wildman–Crippen MR) is 78.1 cm³/mol. The highest BCUT2D eigenvalue weighted by atomic mass is 16.3. The summed E-state index contributed by atoms with van der Waals surface area (Å²) >= 11 is 0. The van der Waals surface area contributed by atoms with E-state index >= 15 is 0 Å². The molecule has 1 N–H and O–H groups in total. The van der Waals surface area contributed by atoms with E-state index in [1.54, 1.807) is 0 Å². The van der Waals surface area contributed by atoms with Crippen molar-refractivity contribution in [2.24, 2.45) is 11.3 Å². The third-order valence-electron chi connectivity index (χ3n) is 4.80. The number of aromatic nitrogens is 2. The van der Waals surface area contributed by atoms with Gasteiger partial charge in [-0.05, 0) is 43.6 Å². The van der Waals surface area contributed by atoms with Crippen LogP contribution in [0.5, 0.6) is 0 Å². The van der Waals surface area contributed by atoms with Gasteiger partial charge in [-0.3, -0.25) is 4.68 Å². The Kier molecular flexibility index (Phi) is 4.34. The van der Waals surface area contributed by atoms with E-state index in [9.17, 15) is 5.11 Å². The Labute approximate surface area is 117 Å². The maximum absolute atomic E-state index is 10.6. The van der Waals surface area contributed by atoms with E-state index in [0.717, 1.165) is 31.5 Å². The van der Waals surface area contributed by atoms with Crippen molar-refractivity contribution in [3.8, 4) is 0 Å². The van der Waals surface area contributed by atoms with Crippen molar-refractivity contribution < 1.29 is 5.11 Å². The smallest absolute Gasteiger partial charge is 0.0628 e. The van der Waals surface area contributed by atoms with Gasteiger partial charge in [0.15, 0.2) is 0 Å². The van der Waals surface area contributed by atoms with Gasteiger partial charge in [0.2, 0.25) is 0 Å². The number of aliphatic hydroxyl groups is 1. The maximum Gasteiger partial charge on any atom is 0.0628 e. The summed E-state index contributed by atoms with van der Waals surface area (Å²) in [4.78, 5) is 0. The quantitative estimate of drug-likeness (QED) is 0.887. The molecular formula is C16H28N2O. The summed E-state index contributed by atoms with van der Waals surface area (Å²) < 4.78 is 2.05. The highest BCUT2D eigenvalue weighted by Gasteiger charge is 2.39. The van der Waals surface area contributed by atoms with Gasteiger partial charge < -0.3 is 5.11 Å². The molecule has 2 atom stereocenters. The fourth-order valence-electron chi connectivity index (χ4n) is 3.55. The van der Waals surface area contributed by atoms with Crippen LogP contribution in [0.2, 0.25) is 0 Å². The minimum atomic E-state index is -0.232. The molecule has 1 aromatic heterocycles. The highest BCUT2D eigenvalue weighted by molar-refractivity contribution is 5.12. The molecular weight excluding hydrogens is 236 g/mol. The summed E-state index contributed by atoms with van der Waals surface area (Å²) in [6, 6.07) is 2.16. The second-order valence-electron chi connectivity index (χ2n) is 6.56. The molecule has 3 heteroatoms. The first-order valence-electron chi connectivity index (χ1n) is 7.71. The lowest BCUT2D eigenvalue weighted by Crippen LogP contribution is -2.31. The average Bonchev–Trinajstić information content (AvgIpc) is 2.91. The van der Waals surface area contributed by atoms with Crippen molar-refractivity contribution in [1.82, 2.24) is 9.78 Å². The molecule has 0 spiro atoms. The van der Waals surface area contributed by atoms with Crippen molar-refractivity contribution in [1.29, 1.82) is 0 Å². The van der Waals surface area contributed by atoms with E-state index in [-0.39, 0.29) is 11.5 Å². The zero-order valence-electron chi connectivity index (χ0n) is 12.8. The Morgan fingerprint density at radius 2 is 2.21 bits per heavy atom. The molecule has 0 aliphatic heterocycles. The predicted octanol–water partition coefficient (Wildman–Crippen LogP) is 3.20. The molecule has 1 heterocycles. The van der Waals surface area contributed by atoms with Gasteiger partial charge in [0.05, 0.1) is 11.8 Å². The highest BCUT2D eigenvalue weighted by Crippen LogP contribution is 2.44. The minimum Gasteiger partial charge on any atom is -0.392 e. The van der Waals surface area contributed by atoms with E-state index in [4.69, 9.17) is 0 Å². The van der Waals surface area contributed by atoms with E-state index in [1.807, 2.05) is 4.68 Å². The maximum atomic E-state index is 10.6. The van der Waals surface area contributed by atoms with Crippen LogP contribution in [0, 0.1) is 11.3 Å². The summed E-state index contributed by atoms with van der Waals surface area (Å²) in [5.74, 6) is 0.429. The van der Waals surface area contributed by atoms with Crippen molar-refractivity contribution in [3.63, 3.8) is 0 Å². The summed E-state index contributed by atoms with van der Waals surface area (Å²) in [7, 11) is 0. The zero-order chi connectivity index (χ0) is 14.0. The van der Waals surface area contributed by atoms with Gasteiger partial charge in [-0.25, -0.2) is 0 Å². The third kappa shape index (κ3) is 3.02. The van der Waals surface area contributed by atoms with E-state index in [2.05, 4.69) is 38.9 Å². The first-order chi connectivity index (χ1) is 8.97. The number of rotatable bonds is 5. The topological polar surface area (TPSA) is 38.0 Å². The van der Waals surface area contributed by atoms with Crippen LogP contribution in [0.15, 0.2) is 6.07 Å². The van der Waals surface area contributed by atoms with E-state index in [1.165, 1.54) is 18.5 Å². The van der Waals surface area contributed by atoms with Gasteiger partial charge >= 0.3 is 0 Å². The molecule has 0 saturated heterocycles. The Hall–Kier alpha value is -0.830. The first-order valence-corrected chi connectivity index (χ1v) is 7.71. The number of hydrogen-bond donors (Lipinski definition) is 1. The Morgan fingerprint density at radius 3 is 2.74 bits per heavy atom. The molecule has 0 aromatic carbocycles. The minimum absolute atomic E-state index is 0.232. The number of aliphatic hydroxyl groups excluding tert-OH is 1. The molecule has 0 bridgehead atoms. The van der Waals surface area contributed by atoms with Gasteiger partial charge in [0.25, 0.3) is 0 Å². The van der Waals surface area contributed by atoms with Crippen LogP contribution in [-0.4, -0.2) is 21.0 Å². The molecule has 1 aromatic rings. The molecule has 0 amide bonds. The van der Waals surface area contributed by atoms with Gasteiger partial charge in [-0.1, -0.05) is 27.2 Å². The first kappa shape index (κ1) is 14.6. The molecule has 1 aliphatic carbocycles. The summed E-state index contributed by atoms with van der Waals surface area (Å²) in [5, 5.41) is 15.2. The fourth-order valence-corrected chi connectivity index (χ4v) is 3.55. The molecule has 19 heavy (non-hydrogen) atoms. The van der Waals surface area contributed by atoms with Crippen LogP contribution in [0.1, 0.15) is 58.3 Å². The number of hydrogen-bond acceptors (Lipinski definition) is 2. The molecule has 1 aliphatic rings. The molecule has 1 saturated carbocycles. The van der Waals surface area contributed by atoms with Gasteiger partial charge in [-0.2, -0.15) is 5.10 Å². The standard InChI is InChI=1S/C16H28N2O/c1-5-12-10-13(18(6-2)17-12)11-15(19)14-8-7-9-16(14,3)4/h10,14-15,19H,5-9,11H2,1-4H3. The molecule has 108 valence electrons. The second kappa shape index (κ2) is 5.66.